The van der Waals surface area contributed by atoms with Gasteiger partial charge in [-0.15, -0.1) is 0 Å². The van der Waals surface area contributed by atoms with Crippen LogP contribution in [0.15, 0.2) is 0 Å². The fourth-order valence-corrected chi connectivity index (χ4v) is 8.36. The minimum absolute atomic E-state index is 0.00820. The van der Waals surface area contributed by atoms with Crippen LogP contribution in [0.3, 0.4) is 0 Å². The van der Waals surface area contributed by atoms with E-state index in [1.165, 1.54) is 180 Å². The Kier molecular flexibility index (Phi) is 32.2. The van der Waals surface area contributed by atoms with Gasteiger partial charge in [0.1, 0.15) is 0 Å². The Balaban J connectivity index is 2.20. The maximum absolute atomic E-state index is 12.7. The highest BCUT2D eigenvalue weighted by molar-refractivity contribution is 5.74. The molecule has 1 aliphatic rings. The van der Waals surface area contributed by atoms with Gasteiger partial charge in [0.25, 0.3) is 0 Å². The number of primary amides is 2. The molecule has 296 valence electrons. The summed E-state index contributed by atoms with van der Waals surface area (Å²) in [5.41, 5.74) is 11.9. The highest BCUT2D eigenvalue weighted by Crippen LogP contribution is 2.28. The number of hydrogen-bond acceptors (Lipinski definition) is 2. The van der Waals surface area contributed by atoms with Crippen molar-refractivity contribution >= 4 is 12.1 Å². The van der Waals surface area contributed by atoms with Crippen LogP contribution < -0.4 is 11.5 Å². The fourth-order valence-electron chi connectivity index (χ4n) is 8.36. The van der Waals surface area contributed by atoms with Crippen LogP contribution in [0.4, 0.5) is 9.59 Å². The summed E-state index contributed by atoms with van der Waals surface area (Å²) in [6, 6.07) is -0.693. The van der Waals surface area contributed by atoms with E-state index in [1.54, 1.807) is 0 Å². The van der Waals surface area contributed by atoms with E-state index >= 15 is 0 Å². The molecule has 0 aliphatic heterocycles. The van der Waals surface area contributed by atoms with Gasteiger partial charge in [-0.05, 0) is 25.7 Å². The molecule has 1 fully saturated rings. The van der Waals surface area contributed by atoms with Crippen LogP contribution in [0.5, 0.6) is 0 Å². The standard InChI is InChI=1S/C44H88N4O2/c1-3-5-7-9-11-13-15-17-19-21-23-25-27-29-31-35-39-47(43(45)49)41-37-33-34-38-42(41)48(44(46)50)40-36-32-30-28-26-24-22-20-18-16-14-12-10-8-6-4-2/h41-42H,3-40H2,1-2H3,(H2,45,49)(H2,46,50)/t41-,42-/m1/s1. The summed E-state index contributed by atoms with van der Waals surface area (Å²) >= 11 is 0. The van der Waals surface area contributed by atoms with Crippen molar-refractivity contribution in [2.24, 2.45) is 11.5 Å². The van der Waals surface area contributed by atoms with Gasteiger partial charge in [-0.1, -0.05) is 219 Å². The lowest BCUT2D eigenvalue weighted by Gasteiger charge is -2.44. The predicted octanol–water partition coefficient (Wildman–Crippen LogP) is 13.6. The van der Waals surface area contributed by atoms with Gasteiger partial charge in [0.05, 0.1) is 12.1 Å². The summed E-state index contributed by atoms with van der Waals surface area (Å²) < 4.78 is 0. The monoisotopic (exact) mass is 705 g/mol. The van der Waals surface area contributed by atoms with Crippen LogP contribution in [-0.2, 0) is 0 Å². The molecule has 0 unspecified atom stereocenters. The average molecular weight is 705 g/mol. The first kappa shape index (κ1) is 46.6. The number of amides is 4. The summed E-state index contributed by atoms with van der Waals surface area (Å²) in [4.78, 5) is 29.1. The molecule has 1 rings (SSSR count). The van der Waals surface area contributed by atoms with Crippen LogP contribution in [0.2, 0.25) is 0 Å². The van der Waals surface area contributed by atoms with Gasteiger partial charge < -0.3 is 21.3 Å². The molecule has 1 aliphatic carbocycles. The molecule has 0 aromatic carbocycles. The van der Waals surface area contributed by atoms with Crippen molar-refractivity contribution in [3.8, 4) is 0 Å². The Morgan fingerprint density at radius 3 is 0.780 bits per heavy atom. The Hall–Kier alpha value is -1.46. The van der Waals surface area contributed by atoms with Gasteiger partial charge in [0, 0.05) is 13.1 Å². The number of nitrogens with zero attached hydrogens (tertiary/aromatic N) is 2. The number of carbonyl (C=O) groups excluding carboxylic acids is 2. The smallest absolute Gasteiger partial charge is 0.315 e. The third-order valence-corrected chi connectivity index (χ3v) is 11.6. The molecular weight excluding hydrogens is 617 g/mol. The van der Waals surface area contributed by atoms with Crippen LogP contribution in [-0.4, -0.2) is 47.0 Å². The van der Waals surface area contributed by atoms with Crippen molar-refractivity contribution in [1.82, 2.24) is 9.80 Å². The van der Waals surface area contributed by atoms with E-state index in [9.17, 15) is 9.59 Å². The zero-order valence-corrected chi connectivity index (χ0v) is 33.9. The molecule has 0 spiro atoms. The maximum Gasteiger partial charge on any atom is 0.315 e. The quantitative estimate of drug-likeness (QED) is 0.0635. The number of carbonyl (C=O) groups is 2. The van der Waals surface area contributed by atoms with E-state index in [4.69, 9.17) is 11.5 Å². The molecule has 0 radical (unpaired) electrons. The second kappa shape index (κ2) is 34.6. The van der Waals surface area contributed by atoms with Gasteiger partial charge in [0.2, 0.25) is 0 Å². The van der Waals surface area contributed by atoms with Crippen LogP contribution in [0, 0.1) is 0 Å². The Labute approximate surface area is 312 Å². The predicted molar refractivity (Wildman–Crippen MR) is 218 cm³/mol. The average Bonchev–Trinajstić information content (AvgIpc) is 3.11. The van der Waals surface area contributed by atoms with Crippen molar-refractivity contribution in [2.45, 2.75) is 257 Å². The van der Waals surface area contributed by atoms with Gasteiger partial charge in [-0.25, -0.2) is 9.59 Å². The van der Waals surface area contributed by atoms with Crippen LogP contribution in [0.25, 0.3) is 0 Å². The van der Waals surface area contributed by atoms with E-state index in [2.05, 4.69) is 13.8 Å². The zero-order valence-electron chi connectivity index (χ0n) is 33.9. The molecule has 6 heteroatoms. The molecule has 4 amide bonds. The molecule has 4 N–H and O–H groups in total. The SMILES string of the molecule is CCCCCCCCCCCCCCCCCCN(C(N)=O)[C@@H]1CCCC[C@H]1N(CCCCCCCCCCCCCCCCCC)C(N)=O. The molecule has 0 saturated heterocycles. The first-order valence-electron chi connectivity index (χ1n) is 22.6. The molecule has 0 bridgehead atoms. The highest BCUT2D eigenvalue weighted by Gasteiger charge is 2.36. The van der Waals surface area contributed by atoms with Gasteiger partial charge in [0.15, 0.2) is 0 Å². The highest BCUT2D eigenvalue weighted by atomic mass is 16.2. The molecule has 50 heavy (non-hydrogen) atoms. The number of nitrogens with two attached hydrogens (primary N) is 2. The molecule has 2 atom stereocenters. The number of rotatable bonds is 36. The van der Waals surface area contributed by atoms with Gasteiger partial charge >= 0.3 is 12.1 Å². The topological polar surface area (TPSA) is 92.7 Å². The molecular formula is C44H88N4O2. The largest absolute Gasteiger partial charge is 0.351 e. The normalized spacial score (nSPS) is 16.1. The van der Waals surface area contributed by atoms with E-state index in [0.717, 1.165) is 51.4 Å². The fraction of sp³-hybridized carbons (Fsp3) is 0.955. The van der Waals surface area contributed by atoms with E-state index < -0.39 is 0 Å². The van der Waals surface area contributed by atoms with Crippen molar-refractivity contribution in [3.63, 3.8) is 0 Å². The molecule has 0 aromatic rings. The lowest BCUT2D eigenvalue weighted by atomic mass is 9.87. The first-order chi connectivity index (χ1) is 24.5. The lowest BCUT2D eigenvalue weighted by molar-refractivity contribution is 0.0831. The third-order valence-electron chi connectivity index (χ3n) is 11.6. The van der Waals surface area contributed by atoms with Gasteiger partial charge in [-0.2, -0.15) is 0 Å². The van der Waals surface area contributed by atoms with E-state index in [-0.39, 0.29) is 24.1 Å². The van der Waals surface area contributed by atoms with Crippen molar-refractivity contribution in [3.05, 3.63) is 0 Å². The zero-order chi connectivity index (χ0) is 36.3. The second-order valence-electron chi connectivity index (χ2n) is 16.1. The van der Waals surface area contributed by atoms with Crippen LogP contribution >= 0.6 is 0 Å². The molecule has 0 heterocycles. The maximum atomic E-state index is 12.7. The summed E-state index contributed by atoms with van der Waals surface area (Å²) in [7, 11) is 0. The first-order valence-corrected chi connectivity index (χ1v) is 22.6. The minimum Gasteiger partial charge on any atom is -0.351 e. The van der Waals surface area contributed by atoms with Crippen molar-refractivity contribution < 1.29 is 9.59 Å². The second-order valence-corrected chi connectivity index (χ2v) is 16.1. The summed E-state index contributed by atoms with van der Waals surface area (Å²) in [5, 5.41) is 0. The van der Waals surface area contributed by atoms with Crippen molar-refractivity contribution in [2.75, 3.05) is 13.1 Å². The Morgan fingerprint density at radius 2 is 0.580 bits per heavy atom. The number of hydrogen-bond donors (Lipinski definition) is 2. The summed E-state index contributed by atoms with van der Waals surface area (Å²) in [6.07, 6.45) is 46.7. The summed E-state index contributed by atoms with van der Waals surface area (Å²) in [6.45, 7) is 5.96. The molecule has 1 saturated carbocycles. The van der Waals surface area contributed by atoms with Crippen molar-refractivity contribution in [1.29, 1.82) is 0 Å². The Morgan fingerprint density at radius 1 is 0.380 bits per heavy atom. The number of urea groups is 2. The lowest BCUT2D eigenvalue weighted by Crippen LogP contribution is -2.59. The van der Waals surface area contributed by atoms with E-state index in [1.807, 2.05) is 9.80 Å². The van der Waals surface area contributed by atoms with Crippen LogP contribution in [0.1, 0.15) is 245 Å². The number of unbranched alkanes of at least 4 members (excludes halogenated alkanes) is 30. The summed E-state index contributed by atoms with van der Waals surface area (Å²) in [5.74, 6) is 0. The van der Waals surface area contributed by atoms with Gasteiger partial charge in [-0.3, -0.25) is 0 Å². The Bertz CT molecular complexity index is 700. The third kappa shape index (κ3) is 25.5. The molecule has 6 nitrogen and oxygen atoms in total. The van der Waals surface area contributed by atoms with E-state index in [0.29, 0.717) is 13.1 Å². The molecule has 0 aromatic heterocycles. The minimum atomic E-state index is -0.338.